The molecule has 0 aromatic carbocycles. The fourth-order valence-corrected chi connectivity index (χ4v) is 4.98. The van der Waals surface area contributed by atoms with Crippen molar-refractivity contribution in [2.45, 2.75) is 130 Å². The minimum Gasteiger partial charge on any atom is -0.296 e. The highest BCUT2D eigenvalue weighted by Crippen LogP contribution is 2.20. The number of nitrogens with zero attached hydrogens (tertiary/aromatic N) is 4. The van der Waals surface area contributed by atoms with Crippen LogP contribution in [0.5, 0.6) is 0 Å². The number of hydrogen-bond donors (Lipinski definition) is 0. The lowest BCUT2D eigenvalue weighted by Crippen LogP contribution is -2.43. The van der Waals surface area contributed by atoms with E-state index in [1.54, 1.807) is 4.90 Å². The van der Waals surface area contributed by atoms with Crippen molar-refractivity contribution in [3.63, 3.8) is 0 Å². The second-order valence-electron chi connectivity index (χ2n) is 10.9. The number of unbranched alkanes of at least 4 members (excludes halogenated alkanes) is 14. The van der Waals surface area contributed by atoms with Crippen LogP contribution >= 0.6 is 0 Å². The van der Waals surface area contributed by atoms with E-state index in [0.717, 1.165) is 25.9 Å². The first-order valence-corrected chi connectivity index (χ1v) is 15.1. The number of imide groups is 1. The van der Waals surface area contributed by atoms with Gasteiger partial charge in [0.2, 0.25) is 0 Å². The Kier molecular flexibility index (Phi) is 18.7. The van der Waals surface area contributed by atoms with Gasteiger partial charge in [-0.05, 0) is 47.0 Å². The van der Waals surface area contributed by atoms with E-state index < -0.39 is 6.04 Å². The van der Waals surface area contributed by atoms with Crippen LogP contribution in [0.15, 0.2) is 12.2 Å². The zero-order valence-corrected chi connectivity index (χ0v) is 24.5. The van der Waals surface area contributed by atoms with Crippen LogP contribution in [-0.4, -0.2) is 78.1 Å². The Morgan fingerprint density at radius 2 is 1.08 bits per heavy atom. The molecule has 0 radical (unpaired) electrons. The summed E-state index contributed by atoms with van der Waals surface area (Å²) < 4.78 is 0. The first kappa shape index (κ1) is 32.6. The highest BCUT2D eigenvalue weighted by Gasteiger charge is 2.44. The van der Waals surface area contributed by atoms with Crippen LogP contribution < -0.4 is 0 Å². The van der Waals surface area contributed by atoms with E-state index in [1.165, 1.54) is 94.8 Å². The molecule has 6 heteroatoms. The number of rotatable bonds is 23. The third-order valence-corrected chi connectivity index (χ3v) is 7.27. The normalized spacial score (nSPS) is 16.6. The maximum atomic E-state index is 13.2. The third kappa shape index (κ3) is 13.2. The molecule has 6 nitrogen and oxygen atoms in total. The van der Waals surface area contributed by atoms with Crippen molar-refractivity contribution < 1.29 is 9.59 Å². The number of hydrogen-bond acceptors (Lipinski definition) is 4. The van der Waals surface area contributed by atoms with E-state index >= 15 is 0 Å². The van der Waals surface area contributed by atoms with Crippen LogP contribution in [0, 0.1) is 0 Å². The molecule has 1 aliphatic rings. The molecule has 0 aromatic rings. The summed E-state index contributed by atoms with van der Waals surface area (Å²) in [5.74, 6) is -0.0960. The lowest BCUT2D eigenvalue weighted by Gasteiger charge is -2.27. The average Bonchev–Trinajstić information content (AvgIpc) is 3.06. The number of urea groups is 1. The van der Waals surface area contributed by atoms with E-state index in [1.807, 2.05) is 26.1 Å². The number of carbonyl (C=O) groups is 2. The van der Waals surface area contributed by atoms with Gasteiger partial charge in [-0.25, -0.2) is 9.69 Å². The van der Waals surface area contributed by atoms with Gasteiger partial charge >= 0.3 is 6.03 Å². The zero-order valence-electron chi connectivity index (χ0n) is 24.5. The molecule has 0 bridgehead atoms. The molecule has 36 heavy (non-hydrogen) atoms. The van der Waals surface area contributed by atoms with E-state index in [0.29, 0.717) is 13.3 Å². The van der Waals surface area contributed by atoms with Gasteiger partial charge in [0.1, 0.15) is 6.04 Å². The van der Waals surface area contributed by atoms with Gasteiger partial charge in [-0.2, -0.15) is 0 Å². The Labute approximate surface area is 223 Å². The molecule has 0 aromatic heterocycles. The summed E-state index contributed by atoms with van der Waals surface area (Å²) >= 11 is 0. The van der Waals surface area contributed by atoms with E-state index in [4.69, 9.17) is 0 Å². The minimum absolute atomic E-state index is 0.0960. The first-order valence-electron chi connectivity index (χ1n) is 15.1. The fourth-order valence-electron chi connectivity index (χ4n) is 4.98. The van der Waals surface area contributed by atoms with Crippen LogP contribution in [-0.2, 0) is 4.79 Å². The summed E-state index contributed by atoms with van der Waals surface area (Å²) in [6.07, 6.45) is 24.4. The van der Waals surface area contributed by atoms with E-state index in [-0.39, 0.29) is 11.9 Å². The molecule has 0 aliphatic carbocycles. The Bertz CT molecular complexity index is 610. The Hall–Kier alpha value is -1.40. The van der Waals surface area contributed by atoms with Gasteiger partial charge in [0.05, 0.1) is 13.3 Å². The molecule has 3 amide bonds. The maximum absolute atomic E-state index is 13.2. The standard InChI is InChI=1S/C30H58N4O2/c1-6-9-11-13-15-17-19-21-24-31(4)26-33-28(23-8-3)29(35)34(30(33)36)27-32(5)25-22-20-18-16-14-12-10-7-2/h8,23,28H,6-7,9-22,24-27H2,1-5H3. The monoisotopic (exact) mass is 506 g/mol. The molecule has 1 rings (SSSR count). The van der Waals surface area contributed by atoms with Crippen LogP contribution in [0.1, 0.15) is 124 Å². The molecule has 1 unspecified atom stereocenters. The van der Waals surface area contributed by atoms with Crippen LogP contribution in [0.3, 0.4) is 0 Å². The molecule has 210 valence electrons. The summed E-state index contributed by atoms with van der Waals surface area (Å²) in [5.41, 5.74) is 0. The summed E-state index contributed by atoms with van der Waals surface area (Å²) in [5, 5.41) is 0. The van der Waals surface area contributed by atoms with Gasteiger partial charge in [-0.3, -0.25) is 19.5 Å². The predicted octanol–water partition coefficient (Wildman–Crippen LogP) is 7.26. The van der Waals surface area contributed by atoms with E-state index in [2.05, 4.69) is 30.7 Å². The van der Waals surface area contributed by atoms with Crippen LogP contribution in [0.25, 0.3) is 0 Å². The zero-order chi connectivity index (χ0) is 26.6. The highest BCUT2D eigenvalue weighted by molar-refractivity contribution is 6.05. The molecule has 1 saturated heterocycles. The molecule has 0 N–H and O–H groups in total. The topological polar surface area (TPSA) is 47.1 Å². The van der Waals surface area contributed by atoms with Crippen molar-refractivity contribution >= 4 is 11.9 Å². The van der Waals surface area contributed by atoms with Gasteiger partial charge in [-0.1, -0.05) is 116 Å². The minimum atomic E-state index is -0.486. The smallest absolute Gasteiger partial charge is 0.296 e. The largest absolute Gasteiger partial charge is 0.329 e. The summed E-state index contributed by atoms with van der Waals surface area (Å²) in [6.45, 7) is 9.16. The lowest BCUT2D eigenvalue weighted by atomic mass is 10.1. The molecule has 1 atom stereocenters. The van der Waals surface area contributed by atoms with Gasteiger partial charge in [0.15, 0.2) is 0 Å². The van der Waals surface area contributed by atoms with Crippen molar-refractivity contribution in [3.8, 4) is 0 Å². The summed E-state index contributed by atoms with van der Waals surface area (Å²) in [6, 6.07) is -0.645. The number of carbonyl (C=O) groups excluding carboxylic acids is 2. The van der Waals surface area contributed by atoms with Crippen molar-refractivity contribution in [2.24, 2.45) is 0 Å². The second-order valence-corrected chi connectivity index (χ2v) is 10.9. The third-order valence-electron chi connectivity index (χ3n) is 7.27. The van der Waals surface area contributed by atoms with E-state index in [9.17, 15) is 9.59 Å². The highest BCUT2D eigenvalue weighted by atomic mass is 16.2. The Morgan fingerprint density at radius 3 is 1.53 bits per heavy atom. The molecule has 1 heterocycles. The Morgan fingerprint density at radius 1 is 0.667 bits per heavy atom. The SMILES string of the molecule is CC=CC1C(=O)N(CN(C)CCCCCCCCCC)C(=O)N1CN(C)CCCCCCCCCC. The summed E-state index contributed by atoms with van der Waals surface area (Å²) in [7, 11) is 4.08. The average molecular weight is 507 g/mol. The fraction of sp³-hybridized carbons (Fsp3) is 0.867. The molecule has 1 fully saturated rings. The molecular weight excluding hydrogens is 448 g/mol. The molecule has 0 saturated carbocycles. The number of allylic oxidation sites excluding steroid dienone is 1. The van der Waals surface area contributed by atoms with Crippen molar-refractivity contribution in [3.05, 3.63) is 12.2 Å². The van der Waals surface area contributed by atoms with Crippen molar-refractivity contribution in [1.82, 2.24) is 19.6 Å². The predicted molar refractivity (Wildman–Crippen MR) is 153 cm³/mol. The lowest BCUT2D eigenvalue weighted by molar-refractivity contribution is -0.128. The molecular formula is C30H58N4O2. The van der Waals surface area contributed by atoms with Gasteiger partial charge in [-0.15, -0.1) is 0 Å². The molecule has 1 aliphatic heterocycles. The van der Waals surface area contributed by atoms with Gasteiger partial charge in [0.25, 0.3) is 5.91 Å². The number of amides is 3. The Balaban J connectivity index is 2.40. The maximum Gasteiger partial charge on any atom is 0.329 e. The van der Waals surface area contributed by atoms with Crippen LogP contribution in [0.2, 0.25) is 0 Å². The van der Waals surface area contributed by atoms with Crippen molar-refractivity contribution in [1.29, 1.82) is 0 Å². The van der Waals surface area contributed by atoms with Crippen LogP contribution in [0.4, 0.5) is 4.79 Å². The quantitative estimate of drug-likeness (QED) is 0.0831. The molecule has 0 spiro atoms. The second kappa shape index (κ2) is 20.6. The van der Waals surface area contributed by atoms with Crippen molar-refractivity contribution in [2.75, 3.05) is 40.5 Å². The first-order chi connectivity index (χ1) is 17.5. The van der Waals surface area contributed by atoms with Gasteiger partial charge < -0.3 is 0 Å². The van der Waals surface area contributed by atoms with Gasteiger partial charge in [0, 0.05) is 0 Å². The summed E-state index contributed by atoms with van der Waals surface area (Å²) in [4.78, 5) is 33.8.